The largest absolute Gasteiger partial charge is 0.448 e. The number of carbonyl (C=O) groups excluding carboxylic acids is 2. The lowest BCUT2D eigenvalue weighted by Gasteiger charge is -2.13. The minimum absolute atomic E-state index is 0.0994. The van der Waals surface area contributed by atoms with E-state index < -0.39 is 12.1 Å². The minimum Gasteiger partial charge on any atom is -0.448 e. The number of nitrogens with one attached hydrogen (secondary N) is 1. The molecule has 0 bridgehead atoms. The minimum atomic E-state index is -0.891. The van der Waals surface area contributed by atoms with E-state index in [1.54, 1.807) is 6.92 Å². The van der Waals surface area contributed by atoms with Crippen LogP contribution in [0, 0.1) is 12.8 Å². The molecule has 0 fully saturated rings. The van der Waals surface area contributed by atoms with E-state index in [0.29, 0.717) is 18.2 Å². The number of aromatic nitrogens is 3. The normalized spacial score (nSPS) is 12.0. The van der Waals surface area contributed by atoms with Crippen molar-refractivity contribution >= 4 is 11.9 Å². The summed E-state index contributed by atoms with van der Waals surface area (Å²) in [4.78, 5) is 25.5. The van der Waals surface area contributed by atoms with Crippen molar-refractivity contribution in [3.63, 3.8) is 0 Å². The molecule has 1 amide bonds. The highest BCUT2D eigenvalue weighted by molar-refractivity contribution is 5.91. The average Bonchev–Trinajstić information content (AvgIpc) is 2.95. The van der Waals surface area contributed by atoms with E-state index in [1.165, 1.54) is 11.7 Å². The first kappa shape index (κ1) is 17.7. The second kappa shape index (κ2) is 7.72. The Labute approximate surface area is 141 Å². The molecule has 128 valence electrons. The van der Waals surface area contributed by atoms with Crippen LogP contribution in [0.3, 0.4) is 0 Å². The predicted octanol–water partition coefficient (Wildman–Crippen LogP) is 1.89. The molecule has 1 N–H and O–H groups in total. The number of benzene rings is 1. The van der Waals surface area contributed by atoms with Crippen LogP contribution >= 0.6 is 0 Å². The fraction of sp³-hybridized carbons (Fsp3) is 0.412. The number of ether oxygens (including phenoxy) is 1. The summed E-state index contributed by atoms with van der Waals surface area (Å²) in [5.41, 5.74) is 1.28. The number of nitrogens with zero attached hydrogens (tertiary/aromatic N) is 3. The summed E-state index contributed by atoms with van der Waals surface area (Å²) in [6, 6.07) is 9.25. The first-order valence-electron chi connectivity index (χ1n) is 7.86. The molecule has 0 aliphatic rings. The molecule has 0 saturated carbocycles. The Morgan fingerprint density at radius 1 is 1.17 bits per heavy atom. The van der Waals surface area contributed by atoms with Crippen LogP contribution in [0.2, 0.25) is 0 Å². The maximum absolute atomic E-state index is 12.2. The maximum atomic E-state index is 12.2. The molecule has 2 rings (SSSR count). The third-order valence-electron chi connectivity index (χ3n) is 3.30. The number of aryl methyl sites for hydroxylation is 1. The van der Waals surface area contributed by atoms with Gasteiger partial charge in [-0.1, -0.05) is 32.0 Å². The van der Waals surface area contributed by atoms with Crippen LogP contribution < -0.4 is 5.32 Å². The summed E-state index contributed by atoms with van der Waals surface area (Å²) in [7, 11) is 0. The van der Waals surface area contributed by atoms with E-state index in [-0.39, 0.29) is 11.6 Å². The first-order valence-corrected chi connectivity index (χ1v) is 7.86. The van der Waals surface area contributed by atoms with E-state index >= 15 is 0 Å². The molecule has 0 unspecified atom stereocenters. The highest BCUT2D eigenvalue weighted by atomic mass is 16.5. The molecule has 2 aromatic rings. The Kier molecular flexibility index (Phi) is 5.68. The van der Waals surface area contributed by atoms with E-state index in [4.69, 9.17) is 4.74 Å². The van der Waals surface area contributed by atoms with E-state index in [1.807, 2.05) is 44.2 Å². The number of hydrogen-bond donors (Lipinski definition) is 1. The van der Waals surface area contributed by atoms with Crippen molar-refractivity contribution in [1.29, 1.82) is 0 Å². The van der Waals surface area contributed by atoms with Crippen LogP contribution in [0.4, 0.5) is 0 Å². The Morgan fingerprint density at radius 2 is 1.83 bits per heavy atom. The maximum Gasteiger partial charge on any atom is 0.361 e. The van der Waals surface area contributed by atoms with Crippen molar-refractivity contribution in [2.75, 3.05) is 6.54 Å². The monoisotopic (exact) mass is 330 g/mol. The standard InChI is InChI=1S/C17H22N4O3/c1-11(2)10-18-16(22)13(4)24-17(23)15-12(3)19-21(20-15)14-8-6-5-7-9-14/h5-9,11,13H,10H2,1-4H3,(H,18,22)/t13-/m0/s1. The van der Waals surface area contributed by atoms with E-state index in [2.05, 4.69) is 15.5 Å². The summed E-state index contributed by atoms with van der Waals surface area (Å²) in [6.45, 7) is 7.71. The second-order valence-electron chi connectivity index (χ2n) is 5.95. The van der Waals surface area contributed by atoms with Crippen molar-refractivity contribution in [2.45, 2.75) is 33.8 Å². The summed E-state index contributed by atoms with van der Waals surface area (Å²) >= 11 is 0. The van der Waals surface area contributed by atoms with Gasteiger partial charge < -0.3 is 10.1 Å². The lowest BCUT2D eigenvalue weighted by molar-refractivity contribution is -0.129. The topological polar surface area (TPSA) is 86.1 Å². The average molecular weight is 330 g/mol. The molecular formula is C17H22N4O3. The number of amides is 1. The third-order valence-corrected chi connectivity index (χ3v) is 3.30. The van der Waals surface area contributed by atoms with Crippen LogP contribution in [-0.4, -0.2) is 39.5 Å². The smallest absolute Gasteiger partial charge is 0.361 e. The number of carbonyl (C=O) groups is 2. The first-order chi connectivity index (χ1) is 11.4. The van der Waals surface area contributed by atoms with Gasteiger partial charge in [0.2, 0.25) is 0 Å². The lowest BCUT2D eigenvalue weighted by Crippen LogP contribution is -2.37. The molecule has 0 aliphatic carbocycles. The van der Waals surface area contributed by atoms with Crippen molar-refractivity contribution in [3.05, 3.63) is 41.7 Å². The molecule has 1 aromatic heterocycles. The number of hydrogen-bond acceptors (Lipinski definition) is 5. The molecule has 0 saturated heterocycles. The summed E-state index contributed by atoms with van der Waals surface area (Å²) < 4.78 is 5.19. The Balaban J connectivity index is 2.05. The Morgan fingerprint density at radius 3 is 2.46 bits per heavy atom. The SMILES string of the molecule is Cc1nn(-c2ccccc2)nc1C(=O)O[C@@H](C)C(=O)NCC(C)C. The van der Waals surface area contributed by atoms with Gasteiger partial charge in [-0.2, -0.15) is 9.90 Å². The predicted molar refractivity (Wildman–Crippen MR) is 88.8 cm³/mol. The summed E-state index contributed by atoms with van der Waals surface area (Å²) in [5.74, 6) is -0.670. The second-order valence-corrected chi connectivity index (χ2v) is 5.95. The van der Waals surface area contributed by atoms with Gasteiger partial charge in [-0.15, -0.1) is 5.10 Å². The molecular weight excluding hydrogens is 308 g/mol. The van der Waals surface area contributed by atoms with Crippen LogP contribution in [0.25, 0.3) is 5.69 Å². The van der Waals surface area contributed by atoms with Gasteiger partial charge in [-0.25, -0.2) is 4.79 Å². The summed E-state index contributed by atoms with van der Waals surface area (Å²) in [5, 5.41) is 11.1. The van der Waals surface area contributed by atoms with Crippen molar-refractivity contribution < 1.29 is 14.3 Å². The molecule has 24 heavy (non-hydrogen) atoms. The van der Waals surface area contributed by atoms with E-state index in [9.17, 15) is 9.59 Å². The van der Waals surface area contributed by atoms with Gasteiger partial charge in [0.05, 0.1) is 11.4 Å². The number of rotatable bonds is 6. The van der Waals surface area contributed by atoms with Gasteiger partial charge in [0, 0.05) is 6.54 Å². The molecule has 0 spiro atoms. The van der Waals surface area contributed by atoms with Gasteiger partial charge in [-0.3, -0.25) is 4.79 Å². The van der Waals surface area contributed by atoms with Crippen LogP contribution in [0.5, 0.6) is 0 Å². The molecule has 7 heteroatoms. The van der Waals surface area contributed by atoms with Gasteiger partial charge in [0.15, 0.2) is 11.8 Å². The van der Waals surface area contributed by atoms with Crippen molar-refractivity contribution in [3.8, 4) is 5.69 Å². The zero-order valence-corrected chi connectivity index (χ0v) is 14.3. The van der Waals surface area contributed by atoms with Gasteiger partial charge >= 0.3 is 5.97 Å². The van der Waals surface area contributed by atoms with Crippen LogP contribution in [0.1, 0.15) is 37.0 Å². The molecule has 1 atom stereocenters. The van der Waals surface area contributed by atoms with Crippen molar-refractivity contribution in [1.82, 2.24) is 20.3 Å². The molecule has 0 radical (unpaired) electrons. The molecule has 7 nitrogen and oxygen atoms in total. The molecule has 1 heterocycles. The fourth-order valence-electron chi connectivity index (χ4n) is 1.96. The fourth-order valence-corrected chi connectivity index (χ4v) is 1.96. The van der Waals surface area contributed by atoms with Gasteiger partial charge in [0.25, 0.3) is 5.91 Å². The quantitative estimate of drug-likeness (QED) is 0.818. The van der Waals surface area contributed by atoms with Crippen LogP contribution in [-0.2, 0) is 9.53 Å². The van der Waals surface area contributed by atoms with Crippen molar-refractivity contribution in [2.24, 2.45) is 5.92 Å². The Bertz CT molecular complexity index is 710. The van der Waals surface area contributed by atoms with Gasteiger partial charge in [0.1, 0.15) is 0 Å². The zero-order valence-electron chi connectivity index (χ0n) is 14.3. The third kappa shape index (κ3) is 4.41. The highest BCUT2D eigenvalue weighted by Crippen LogP contribution is 2.10. The highest BCUT2D eigenvalue weighted by Gasteiger charge is 2.23. The zero-order chi connectivity index (χ0) is 17.7. The molecule has 1 aromatic carbocycles. The van der Waals surface area contributed by atoms with Gasteiger partial charge in [-0.05, 0) is 31.9 Å². The Hall–Kier alpha value is -2.70. The van der Waals surface area contributed by atoms with Crippen LogP contribution in [0.15, 0.2) is 30.3 Å². The number of esters is 1. The number of para-hydroxylation sites is 1. The molecule has 0 aliphatic heterocycles. The van der Waals surface area contributed by atoms with E-state index in [0.717, 1.165) is 5.69 Å². The summed E-state index contributed by atoms with van der Waals surface area (Å²) in [6.07, 6.45) is -0.891. The lowest BCUT2D eigenvalue weighted by atomic mass is 10.2.